The van der Waals surface area contributed by atoms with Crippen LogP contribution in [0.1, 0.15) is 32.8 Å². The first-order chi connectivity index (χ1) is 13.5. The third kappa shape index (κ3) is 8.56. The molecular formula is C23H36O5Si. The molecule has 0 saturated carbocycles. The number of ether oxygens (including phenoxy) is 3. The molecule has 5 nitrogen and oxygen atoms in total. The Morgan fingerprint density at radius 1 is 1.14 bits per heavy atom. The Balaban J connectivity index is 2.73. The van der Waals surface area contributed by atoms with E-state index in [2.05, 4.69) is 45.2 Å². The van der Waals surface area contributed by atoms with Crippen molar-refractivity contribution < 1.29 is 23.4 Å². The van der Waals surface area contributed by atoms with Crippen molar-refractivity contribution in [2.24, 2.45) is 0 Å². The second kappa shape index (κ2) is 11.3. The molecule has 1 aromatic carbocycles. The Labute approximate surface area is 176 Å². The van der Waals surface area contributed by atoms with Crippen molar-refractivity contribution in [3.05, 3.63) is 54.1 Å². The summed E-state index contributed by atoms with van der Waals surface area (Å²) >= 11 is 0. The van der Waals surface area contributed by atoms with Crippen LogP contribution in [0.4, 0.5) is 0 Å². The molecule has 0 fully saturated rings. The molecule has 1 rings (SSSR count). The number of rotatable bonds is 11. The normalized spacial score (nSPS) is 13.3. The van der Waals surface area contributed by atoms with Crippen molar-refractivity contribution >= 4 is 14.3 Å². The van der Waals surface area contributed by atoms with Gasteiger partial charge in [0.2, 0.25) is 0 Å². The van der Waals surface area contributed by atoms with Crippen LogP contribution in [0.5, 0.6) is 5.75 Å². The summed E-state index contributed by atoms with van der Waals surface area (Å²) < 4.78 is 22.2. The van der Waals surface area contributed by atoms with Crippen LogP contribution in [-0.4, -0.2) is 41.2 Å². The lowest BCUT2D eigenvalue weighted by Crippen LogP contribution is -2.44. The van der Waals surface area contributed by atoms with Gasteiger partial charge in [0.15, 0.2) is 8.32 Å². The third-order valence-electron chi connectivity index (χ3n) is 5.24. The highest BCUT2D eigenvalue weighted by atomic mass is 28.4. The van der Waals surface area contributed by atoms with E-state index >= 15 is 0 Å². The van der Waals surface area contributed by atoms with Gasteiger partial charge in [0.1, 0.15) is 5.75 Å². The van der Waals surface area contributed by atoms with Gasteiger partial charge in [-0.3, -0.25) is 0 Å². The molecule has 0 heterocycles. The SMILES string of the molecule is C=C(/C=C/C(=O)OC)C(CCOCc1ccc(OC)cc1)O[Si](C)(C)C(C)(C)C. The summed E-state index contributed by atoms with van der Waals surface area (Å²) in [7, 11) is 0.991. The lowest BCUT2D eigenvalue weighted by Gasteiger charge is -2.39. The highest BCUT2D eigenvalue weighted by Gasteiger charge is 2.39. The lowest BCUT2D eigenvalue weighted by atomic mass is 10.1. The Morgan fingerprint density at radius 2 is 1.76 bits per heavy atom. The van der Waals surface area contributed by atoms with Crippen LogP contribution in [0.3, 0.4) is 0 Å². The molecule has 0 aromatic heterocycles. The summed E-state index contributed by atoms with van der Waals surface area (Å²) in [6.45, 7) is 16.2. The molecule has 0 bridgehead atoms. The molecule has 0 N–H and O–H groups in total. The molecule has 0 amide bonds. The summed E-state index contributed by atoms with van der Waals surface area (Å²) in [4.78, 5) is 11.4. The Kier molecular flexibility index (Phi) is 9.83. The van der Waals surface area contributed by atoms with Gasteiger partial charge in [-0.25, -0.2) is 4.79 Å². The quantitative estimate of drug-likeness (QED) is 0.160. The maximum Gasteiger partial charge on any atom is 0.330 e. The van der Waals surface area contributed by atoms with Crippen LogP contribution < -0.4 is 4.74 Å². The van der Waals surface area contributed by atoms with E-state index in [-0.39, 0.29) is 11.1 Å². The number of methoxy groups -OCH3 is 2. The van der Waals surface area contributed by atoms with Gasteiger partial charge in [0.05, 0.1) is 26.9 Å². The molecule has 1 aromatic rings. The van der Waals surface area contributed by atoms with Crippen molar-refractivity contribution in [2.45, 2.75) is 58.0 Å². The van der Waals surface area contributed by atoms with E-state index in [1.165, 1.54) is 13.2 Å². The predicted octanol–water partition coefficient (Wildman–Crippen LogP) is 5.28. The number of carbonyl (C=O) groups is 1. The molecule has 0 spiro atoms. The number of esters is 1. The van der Waals surface area contributed by atoms with E-state index in [0.717, 1.165) is 16.9 Å². The molecule has 0 aliphatic rings. The molecule has 0 saturated heterocycles. The number of benzene rings is 1. The lowest BCUT2D eigenvalue weighted by molar-refractivity contribution is -0.134. The van der Waals surface area contributed by atoms with Crippen molar-refractivity contribution in [2.75, 3.05) is 20.8 Å². The molecule has 162 valence electrons. The van der Waals surface area contributed by atoms with Gasteiger partial charge in [-0.2, -0.15) is 0 Å². The van der Waals surface area contributed by atoms with Gasteiger partial charge in [-0.05, 0) is 53.9 Å². The van der Waals surface area contributed by atoms with E-state index in [4.69, 9.17) is 13.9 Å². The average Bonchev–Trinajstić information content (AvgIpc) is 2.67. The minimum atomic E-state index is -2.01. The van der Waals surface area contributed by atoms with Crippen LogP contribution in [0.25, 0.3) is 0 Å². The van der Waals surface area contributed by atoms with E-state index in [1.807, 2.05) is 24.3 Å². The summed E-state index contributed by atoms with van der Waals surface area (Å²) in [6.07, 6.45) is 3.50. The Hall–Kier alpha value is -1.89. The van der Waals surface area contributed by atoms with Gasteiger partial charge < -0.3 is 18.6 Å². The molecule has 0 aliphatic heterocycles. The van der Waals surface area contributed by atoms with Crippen molar-refractivity contribution in [1.82, 2.24) is 0 Å². The molecule has 29 heavy (non-hydrogen) atoms. The molecule has 1 atom stereocenters. The van der Waals surface area contributed by atoms with E-state index < -0.39 is 14.3 Å². The van der Waals surface area contributed by atoms with Crippen molar-refractivity contribution in [1.29, 1.82) is 0 Å². The number of hydrogen-bond donors (Lipinski definition) is 0. The first kappa shape index (κ1) is 25.1. The number of carbonyl (C=O) groups excluding carboxylic acids is 1. The van der Waals surface area contributed by atoms with Gasteiger partial charge in [0.25, 0.3) is 0 Å². The van der Waals surface area contributed by atoms with Gasteiger partial charge in [-0.15, -0.1) is 0 Å². The minimum absolute atomic E-state index is 0.0710. The highest BCUT2D eigenvalue weighted by molar-refractivity contribution is 6.74. The zero-order valence-electron chi connectivity index (χ0n) is 18.9. The van der Waals surface area contributed by atoms with Gasteiger partial charge >= 0.3 is 5.97 Å². The fourth-order valence-corrected chi connectivity index (χ4v) is 3.64. The smallest absolute Gasteiger partial charge is 0.330 e. The van der Waals surface area contributed by atoms with Crippen molar-refractivity contribution in [3.8, 4) is 5.75 Å². The fourth-order valence-electron chi connectivity index (χ4n) is 2.31. The fraction of sp³-hybridized carbons (Fsp3) is 0.522. The van der Waals surface area contributed by atoms with Gasteiger partial charge in [0, 0.05) is 12.7 Å². The summed E-state index contributed by atoms with van der Waals surface area (Å²) in [5.41, 5.74) is 1.82. The maximum absolute atomic E-state index is 11.4. The Morgan fingerprint density at radius 3 is 2.28 bits per heavy atom. The zero-order chi connectivity index (χ0) is 22.1. The van der Waals surface area contributed by atoms with Crippen LogP contribution >= 0.6 is 0 Å². The summed E-state index contributed by atoms with van der Waals surface area (Å²) in [5.74, 6) is 0.415. The van der Waals surface area contributed by atoms with E-state index in [0.29, 0.717) is 19.6 Å². The second-order valence-corrected chi connectivity index (χ2v) is 13.2. The molecule has 0 aliphatic carbocycles. The van der Waals surface area contributed by atoms with Crippen LogP contribution in [0.2, 0.25) is 18.1 Å². The number of hydrogen-bond acceptors (Lipinski definition) is 5. The molecule has 1 unspecified atom stereocenters. The average molecular weight is 421 g/mol. The highest BCUT2D eigenvalue weighted by Crippen LogP contribution is 2.38. The van der Waals surface area contributed by atoms with Crippen LogP contribution in [-0.2, 0) is 25.3 Å². The van der Waals surface area contributed by atoms with Crippen LogP contribution in [0, 0.1) is 0 Å². The maximum atomic E-state index is 11.4. The topological polar surface area (TPSA) is 54.0 Å². The zero-order valence-corrected chi connectivity index (χ0v) is 19.9. The molecule has 6 heteroatoms. The Bertz CT molecular complexity index is 686. The summed E-state index contributed by atoms with van der Waals surface area (Å²) in [6, 6.07) is 7.81. The first-order valence-corrected chi connectivity index (χ1v) is 12.7. The minimum Gasteiger partial charge on any atom is -0.497 e. The van der Waals surface area contributed by atoms with Crippen molar-refractivity contribution in [3.63, 3.8) is 0 Å². The molecular weight excluding hydrogens is 384 g/mol. The van der Waals surface area contributed by atoms with E-state index in [9.17, 15) is 4.79 Å². The largest absolute Gasteiger partial charge is 0.497 e. The third-order valence-corrected chi connectivity index (χ3v) is 9.73. The van der Waals surface area contributed by atoms with E-state index in [1.54, 1.807) is 13.2 Å². The second-order valence-electron chi connectivity index (χ2n) is 8.49. The predicted molar refractivity (Wildman–Crippen MR) is 120 cm³/mol. The molecule has 0 radical (unpaired) electrons. The standard InChI is InChI=1S/C23H36O5Si/c1-18(9-14-22(24)26-6)21(28-29(7,8)23(2,3)4)15-16-27-17-19-10-12-20(25-5)13-11-19/h9-14,21H,1,15-17H2,2-8H3/b14-9+. The summed E-state index contributed by atoms with van der Waals surface area (Å²) in [5, 5.41) is 0.0710. The monoisotopic (exact) mass is 420 g/mol. The first-order valence-electron chi connectivity index (χ1n) is 9.83. The van der Waals surface area contributed by atoms with Gasteiger partial charge in [-0.1, -0.05) is 39.5 Å². The van der Waals surface area contributed by atoms with Crippen LogP contribution in [0.15, 0.2) is 48.6 Å².